The van der Waals surface area contributed by atoms with E-state index in [1.54, 1.807) is 0 Å². The van der Waals surface area contributed by atoms with Crippen LogP contribution in [0.3, 0.4) is 0 Å². The second-order valence-corrected chi connectivity index (χ2v) is 9.00. The summed E-state index contributed by atoms with van der Waals surface area (Å²) in [5.74, 6) is 0.410. The molecule has 0 aliphatic carbocycles. The first kappa shape index (κ1) is 17.5. The van der Waals surface area contributed by atoms with E-state index in [-0.39, 0.29) is 11.4 Å². The standard InChI is InChI=1S/C19H24N2OS2/c1-6-21-15-7-11(2)13(9-16-17(22)20-18(23)24-16)8-14(15)12(3)10-19(21,4)5/h7-9,12H,6,10H2,1-5H3,(H,20,22,23)/b16-9+/t12-/m0/s1. The molecule has 1 aromatic carbocycles. The number of carbonyl (C=O) groups excluding carboxylic acids is 1. The molecular formula is C19H24N2OS2. The maximum atomic E-state index is 11.9. The molecule has 3 rings (SSSR count). The highest BCUT2D eigenvalue weighted by molar-refractivity contribution is 8.26. The molecule has 1 atom stereocenters. The number of benzene rings is 1. The van der Waals surface area contributed by atoms with Gasteiger partial charge in [-0.15, -0.1) is 0 Å². The molecule has 24 heavy (non-hydrogen) atoms. The lowest BCUT2D eigenvalue weighted by Crippen LogP contribution is -2.48. The van der Waals surface area contributed by atoms with Crippen LogP contribution in [0.25, 0.3) is 6.08 Å². The molecule has 0 spiro atoms. The molecule has 0 bridgehead atoms. The van der Waals surface area contributed by atoms with Gasteiger partial charge in [0.25, 0.3) is 5.91 Å². The Hall–Kier alpha value is -1.33. The number of fused-ring (bicyclic) bond motifs is 1. The van der Waals surface area contributed by atoms with Crippen molar-refractivity contribution in [2.75, 3.05) is 11.4 Å². The summed E-state index contributed by atoms with van der Waals surface area (Å²) in [5, 5.41) is 2.68. The molecule has 1 fully saturated rings. The maximum Gasteiger partial charge on any atom is 0.263 e. The van der Waals surface area contributed by atoms with E-state index in [0.717, 1.165) is 18.5 Å². The number of rotatable bonds is 2. The number of hydrogen-bond donors (Lipinski definition) is 1. The molecule has 0 aromatic heterocycles. The third kappa shape index (κ3) is 3.00. The summed E-state index contributed by atoms with van der Waals surface area (Å²) in [7, 11) is 0. The Morgan fingerprint density at radius 1 is 1.46 bits per heavy atom. The highest BCUT2D eigenvalue weighted by atomic mass is 32.2. The van der Waals surface area contributed by atoms with Gasteiger partial charge < -0.3 is 10.2 Å². The zero-order valence-corrected chi connectivity index (χ0v) is 16.5. The van der Waals surface area contributed by atoms with Crippen molar-refractivity contribution in [3.05, 3.63) is 33.7 Å². The number of hydrogen-bond acceptors (Lipinski definition) is 4. The van der Waals surface area contributed by atoms with Crippen LogP contribution in [0.2, 0.25) is 0 Å². The van der Waals surface area contributed by atoms with Gasteiger partial charge >= 0.3 is 0 Å². The highest BCUT2D eigenvalue weighted by Crippen LogP contribution is 2.44. The fourth-order valence-corrected chi connectivity index (χ4v) is 5.00. The van der Waals surface area contributed by atoms with Crippen molar-refractivity contribution in [1.82, 2.24) is 5.32 Å². The minimum absolute atomic E-state index is 0.0912. The molecule has 1 aromatic rings. The van der Waals surface area contributed by atoms with Gasteiger partial charge in [0.1, 0.15) is 4.32 Å². The van der Waals surface area contributed by atoms with Gasteiger partial charge in [-0.1, -0.05) is 30.9 Å². The normalized spacial score (nSPS) is 24.3. The molecule has 128 valence electrons. The summed E-state index contributed by atoms with van der Waals surface area (Å²) in [6.45, 7) is 12.3. The van der Waals surface area contributed by atoms with E-state index in [2.05, 4.69) is 57.0 Å². The average Bonchev–Trinajstić information content (AvgIpc) is 2.78. The van der Waals surface area contributed by atoms with Gasteiger partial charge in [0.2, 0.25) is 0 Å². The number of nitrogens with one attached hydrogen (secondary N) is 1. The first-order valence-corrected chi connectivity index (χ1v) is 9.62. The Morgan fingerprint density at radius 2 is 2.17 bits per heavy atom. The van der Waals surface area contributed by atoms with Crippen LogP contribution >= 0.6 is 24.0 Å². The van der Waals surface area contributed by atoms with Gasteiger partial charge in [0.15, 0.2) is 0 Å². The summed E-state index contributed by atoms with van der Waals surface area (Å²) in [6.07, 6.45) is 3.10. The number of nitrogens with zero attached hydrogens (tertiary/aromatic N) is 1. The van der Waals surface area contributed by atoms with E-state index in [9.17, 15) is 4.79 Å². The van der Waals surface area contributed by atoms with Crippen LogP contribution in [0.4, 0.5) is 5.69 Å². The Kier molecular flexibility index (Phi) is 4.51. The number of thioether (sulfide) groups is 1. The first-order valence-electron chi connectivity index (χ1n) is 8.40. The van der Waals surface area contributed by atoms with Gasteiger partial charge in [-0.25, -0.2) is 0 Å². The zero-order chi connectivity index (χ0) is 17.6. The molecular weight excluding hydrogens is 336 g/mol. The van der Waals surface area contributed by atoms with Crippen molar-refractivity contribution >= 4 is 46.0 Å². The Balaban J connectivity index is 2.08. The lowest BCUT2D eigenvalue weighted by Gasteiger charge is -2.47. The average molecular weight is 361 g/mol. The van der Waals surface area contributed by atoms with E-state index in [0.29, 0.717) is 15.1 Å². The molecule has 1 amide bonds. The van der Waals surface area contributed by atoms with Crippen molar-refractivity contribution in [2.45, 2.75) is 52.5 Å². The fraction of sp³-hybridized carbons (Fsp3) is 0.474. The van der Waals surface area contributed by atoms with Crippen molar-refractivity contribution in [1.29, 1.82) is 0 Å². The largest absolute Gasteiger partial charge is 0.366 e. The number of aryl methyl sites for hydroxylation is 1. The van der Waals surface area contributed by atoms with E-state index in [1.807, 2.05) is 6.08 Å². The van der Waals surface area contributed by atoms with Crippen LogP contribution in [0.5, 0.6) is 0 Å². The first-order chi connectivity index (χ1) is 11.2. The Morgan fingerprint density at radius 3 is 2.75 bits per heavy atom. The second kappa shape index (κ2) is 6.19. The van der Waals surface area contributed by atoms with Crippen LogP contribution < -0.4 is 10.2 Å². The van der Waals surface area contributed by atoms with E-state index < -0.39 is 0 Å². The fourth-order valence-electron chi connectivity index (χ4n) is 3.97. The van der Waals surface area contributed by atoms with Crippen molar-refractivity contribution in [3.8, 4) is 0 Å². The monoisotopic (exact) mass is 360 g/mol. The van der Waals surface area contributed by atoms with Gasteiger partial charge in [-0.05, 0) is 74.9 Å². The molecule has 5 heteroatoms. The van der Waals surface area contributed by atoms with Crippen LogP contribution in [0.15, 0.2) is 17.0 Å². The van der Waals surface area contributed by atoms with Gasteiger partial charge in [-0.2, -0.15) is 0 Å². The molecule has 0 unspecified atom stereocenters. The van der Waals surface area contributed by atoms with Gasteiger partial charge in [-0.3, -0.25) is 4.79 Å². The Bertz CT molecular complexity index is 752. The van der Waals surface area contributed by atoms with Crippen LogP contribution in [0.1, 0.15) is 56.7 Å². The number of amides is 1. The smallest absolute Gasteiger partial charge is 0.263 e. The van der Waals surface area contributed by atoms with Crippen molar-refractivity contribution in [3.63, 3.8) is 0 Å². The topological polar surface area (TPSA) is 32.3 Å². The molecule has 0 saturated carbocycles. The lowest BCUT2D eigenvalue weighted by molar-refractivity contribution is -0.115. The third-order valence-corrected chi connectivity index (χ3v) is 6.18. The highest BCUT2D eigenvalue weighted by Gasteiger charge is 2.35. The summed E-state index contributed by atoms with van der Waals surface area (Å²) in [5.41, 5.74) is 5.18. The molecule has 2 heterocycles. The van der Waals surface area contributed by atoms with Crippen LogP contribution in [-0.4, -0.2) is 22.3 Å². The van der Waals surface area contributed by atoms with Gasteiger partial charge in [0, 0.05) is 17.8 Å². The molecule has 1 N–H and O–H groups in total. The van der Waals surface area contributed by atoms with Crippen molar-refractivity contribution in [2.24, 2.45) is 0 Å². The predicted molar refractivity (Wildman–Crippen MR) is 108 cm³/mol. The number of thiocarbonyl (C=S) groups is 1. The molecule has 3 nitrogen and oxygen atoms in total. The molecule has 0 radical (unpaired) electrons. The SMILES string of the molecule is CCN1c2cc(C)c(/C=C3/SC(=S)NC3=O)cc2[C@@H](C)CC1(C)C. The maximum absolute atomic E-state index is 11.9. The lowest BCUT2D eigenvalue weighted by atomic mass is 9.79. The van der Waals surface area contributed by atoms with Crippen molar-refractivity contribution < 1.29 is 4.79 Å². The quantitative estimate of drug-likeness (QED) is 0.617. The molecule has 2 aliphatic rings. The minimum Gasteiger partial charge on any atom is -0.366 e. The predicted octanol–water partition coefficient (Wildman–Crippen LogP) is 4.60. The zero-order valence-electron chi connectivity index (χ0n) is 14.9. The van der Waals surface area contributed by atoms with Gasteiger partial charge in [0.05, 0.1) is 4.91 Å². The van der Waals surface area contributed by atoms with E-state index in [4.69, 9.17) is 12.2 Å². The third-order valence-electron chi connectivity index (χ3n) is 5.02. The summed E-state index contributed by atoms with van der Waals surface area (Å²) in [6, 6.07) is 4.54. The van der Waals surface area contributed by atoms with E-state index in [1.165, 1.54) is 28.6 Å². The van der Waals surface area contributed by atoms with Crippen LogP contribution in [-0.2, 0) is 4.79 Å². The second-order valence-electron chi connectivity index (χ2n) is 7.28. The summed E-state index contributed by atoms with van der Waals surface area (Å²) in [4.78, 5) is 15.1. The summed E-state index contributed by atoms with van der Waals surface area (Å²) >= 11 is 6.42. The molecule has 1 saturated heterocycles. The Labute approximate surface area is 153 Å². The minimum atomic E-state index is -0.0912. The van der Waals surface area contributed by atoms with E-state index >= 15 is 0 Å². The van der Waals surface area contributed by atoms with Crippen LogP contribution in [0, 0.1) is 6.92 Å². The summed E-state index contributed by atoms with van der Waals surface area (Å²) < 4.78 is 0.536. The molecule has 2 aliphatic heterocycles. The number of carbonyl (C=O) groups is 1. The number of anilines is 1.